The zero-order chi connectivity index (χ0) is 18.5. The van der Waals surface area contributed by atoms with Crippen LogP contribution >= 0.6 is 35.0 Å². The number of aryl methyl sites for hydroxylation is 1. The minimum absolute atomic E-state index is 0.120. The van der Waals surface area contributed by atoms with Gasteiger partial charge in [-0.1, -0.05) is 64.8 Å². The molecule has 0 bridgehead atoms. The Kier molecular flexibility index (Phi) is 6.19. The zero-order valence-electron chi connectivity index (χ0n) is 13.8. The standard InChI is InChI=1S/C18H15Cl2N3O2S/c1-11-2-4-12(5-3-11)8-17-22-23-18(25-17)26-10-16(24)21-15-9-13(19)6-7-14(15)20/h2-7,9H,8,10H2,1H3,(H,21,24). The number of thioether (sulfide) groups is 1. The van der Waals surface area contributed by atoms with Crippen molar-refractivity contribution < 1.29 is 9.21 Å². The van der Waals surface area contributed by atoms with Gasteiger partial charge in [-0.3, -0.25) is 4.79 Å². The lowest BCUT2D eigenvalue weighted by molar-refractivity contribution is -0.113. The number of amides is 1. The summed E-state index contributed by atoms with van der Waals surface area (Å²) >= 11 is 13.1. The Morgan fingerprint density at radius 3 is 2.69 bits per heavy atom. The van der Waals surface area contributed by atoms with Crippen LogP contribution in [-0.4, -0.2) is 21.9 Å². The third-order valence-electron chi connectivity index (χ3n) is 3.45. The smallest absolute Gasteiger partial charge is 0.277 e. The molecule has 0 aliphatic heterocycles. The van der Waals surface area contributed by atoms with Crippen LogP contribution in [-0.2, 0) is 11.2 Å². The van der Waals surface area contributed by atoms with Crippen LogP contribution < -0.4 is 5.32 Å². The molecule has 1 heterocycles. The fourth-order valence-electron chi connectivity index (χ4n) is 2.16. The summed E-state index contributed by atoms with van der Waals surface area (Å²) in [7, 11) is 0. The van der Waals surface area contributed by atoms with Crippen LogP contribution in [0.2, 0.25) is 10.0 Å². The van der Waals surface area contributed by atoms with Crippen molar-refractivity contribution in [1.29, 1.82) is 0 Å². The van der Waals surface area contributed by atoms with Gasteiger partial charge < -0.3 is 9.73 Å². The summed E-state index contributed by atoms with van der Waals surface area (Å²) in [6.07, 6.45) is 0.554. The maximum Gasteiger partial charge on any atom is 0.277 e. The quantitative estimate of drug-likeness (QED) is 0.581. The molecule has 1 amide bonds. The van der Waals surface area contributed by atoms with Crippen LogP contribution in [0.5, 0.6) is 0 Å². The largest absolute Gasteiger partial charge is 0.416 e. The van der Waals surface area contributed by atoms with Gasteiger partial charge in [-0.15, -0.1) is 10.2 Å². The second kappa shape index (κ2) is 8.58. The Labute approximate surface area is 165 Å². The highest BCUT2D eigenvalue weighted by atomic mass is 35.5. The number of benzene rings is 2. The molecule has 3 aromatic rings. The third kappa shape index (κ3) is 5.24. The van der Waals surface area contributed by atoms with E-state index in [0.29, 0.717) is 33.3 Å². The van der Waals surface area contributed by atoms with Gasteiger partial charge in [0.2, 0.25) is 11.8 Å². The summed E-state index contributed by atoms with van der Waals surface area (Å²) in [6.45, 7) is 2.03. The van der Waals surface area contributed by atoms with Crippen LogP contribution in [0.3, 0.4) is 0 Å². The van der Waals surface area contributed by atoms with Gasteiger partial charge in [0.25, 0.3) is 5.22 Å². The highest BCUT2D eigenvalue weighted by Crippen LogP contribution is 2.26. The monoisotopic (exact) mass is 407 g/mol. The third-order valence-corrected chi connectivity index (χ3v) is 4.84. The van der Waals surface area contributed by atoms with Crippen molar-refractivity contribution in [3.8, 4) is 0 Å². The molecular formula is C18H15Cl2N3O2S. The van der Waals surface area contributed by atoms with Gasteiger partial charge in [-0.25, -0.2) is 0 Å². The molecule has 26 heavy (non-hydrogen) atoms. The molecule has 0 saturated heterocycles. The first-order valence-corrected chi connectivity index (χ1v) is 9.49. The fraction of sp³-hybridized carbons (Fsp3) is 0.167. The molecule has 0 radical (unpaired) electrons. The van der Waals surface area contributed by atoms with Gasteiger partial charge >= 0.3 is 0 Å². The maximum absolute atomic E-state index is 12.1. The van der Waals surface area contributed by atoms with Crippen LogP contribution in [0.1, 0.15) is 17.0 Å². The first kappa shape index (κ1) is 18.8. The predicted molar refractivity (Wildman–Crippen MR) is 104 cm³/mol. The van der Waals surface area contributed by atoms with E-state index < -0.39 is 0 Å². The Morgan fingerprint density at radius 2 is 1.92 bits per heavy atom. The molecule has 0 aliphatic rings. The molecule has 8 heteroatoms. The number of hydrogen-bond donors (Lipinski definition) is 1. The molecule has 0 aliphatic carbocycles. The van der Waals surface area contributed by atoms with E-state index in [1.165, 1.54) is 5.56 Å². The second-order valence-electron chi connectivity index (χ2n) is 5.59. The van der Waals surface area contributed by atoms with Gasteiger partial charge in [0.1, 0.15) is 0 Å². The highest BCUT2D eigenvalue weighted by Gasteiger charge is 2.12. The molecule has 0 saturated carbocycles. The van der Waals surface area contributed by atoms with E-state index in [1.807, 2.05) is 31.2 Å². The lowest BCUT2D eigenvalue weighted by Crippen LogP contribution is -2.14. The SMILES string of the molecule is Cc1ccc(Cc2nnc(SCC(=O)Nc3cc(Cl)ccc3Cl)o2)cc1. The topological polar surface area (TPSA) is 68.0 Å². The van der Waals surface area contributed by atoms with Crippen LogP contribution in [0.25, 0.3) is 0 Å². The van der Waals surface area contributed by atoms with Crippen LogP contribution in [0, 0.1) is 6.92 Å². The molecule has 0 fully saturated rings. The first-order valence-electron chi connectivity index (χ1n) is 7.75. The van der Waals surface area contributed by atoms with Crippen molar-refractivity contribution in [2.45, 2.75) is 18.6 Å². The number of halogens is 2. The summed E-state index contributed by atoms with van der Waals surface area (Å²) in [5.41, 5.74) is 2.75. The van der Waals surface area contributed by atoms with Crippen molar-refractivity contribution in [3.63, 3.8) is 0 Å². The molecule has 2 aromatic carbocycles. The first-order chi connectivity index (χ1) is 12.5. The number of anilines is 1. The van der Waals surface area contributed by atoms with Crippen molar-refractivity contribution in [2.75, 3.05) is 11.1 Å². The molecule has 5 nitrogen and oxygen atoms in total. The van der Waals surface area contributed by atoms with E-state index in [2.05, 4.69) is 15.5 Å². The average Bonchev–Trinajstić information content (AvgIpc) is 3.06. The van der Waals surface area contributed by atoms with Crippen molar-refractivity contribution in [3.05, 3.63) is 69.5 Å². The van der Waals surface area contributed by atoms with E-state index in [0.717, 1.165) is 17.3 Å². The Hall–Kier alpha value is -2.02. The maximum atomic E-state index is 12.1. The van der Waals surface area contributed by atoms with Crippen LogP contribution in [0.15, 0.2) is 52.1 Å². The second-order valence-corrected chi connectivity index (χ2v) is 7.36. The Bertz CT molecular complexity index is 913. The zero-order valence-corrected chi connectivity index (χ0v) is 16.2. The number of rotatable bonds is 6. The minimum Gasteiger partial charge on any atom is -0.416 e. The average molecular weight is 408 g/mol. The van der Waals surface area contributed by atoms with Crippen molar-refractivity contribution in [2.24, 2.45) is 0 Å². The molecule has 0 spiro atoms. The summed E-state index contributed by atoms with van der Waals surface area (Å²) in [5.74, 6) is 0.391. The van der Waals surface area contributed by atoms with Gasteiger partial charge in [0, 0.05) is 5.02 Å². The molecule has 1 aromatic heterocycles. The van der Waals surface area contributed by atoms with Gasteiger partial charge in [-0.05, 0) is 30.7 Å². The Balaban J connectivity index is 1.53. The number of nitrogens with zero attached hydrogens (tertiary/aromatic N) is 2. The van der Waals surface area contributed by atoms with E-state index in [1.54, 1.807) is 18.2 Å². The normalized spacial score (nSPS) is 10.7. The lowest BCUT2D eigenvalue weighted by Gasteiger charge is -2.06. The number of nitrogens with one attached hydrogen (secondary N) is 1. The van der Waals surface area contributed by atoms with Gasteiger partial charge in [-0.2, -0.15) is 0 Å². The lowest BCUT2D eigenvalue weighted by atomic mass is 10.1. The fourth-order valence-corrected chi connectivity index (χ4v) is 3.07. The molecule has 134 valence electrons. The molecule has 0 atom stereocenters. The molecule has 0 unspecified atom stereocenters. The van der Waals surface area contributed by atoms with Crippen molar-refractivity contribution >= 4 is 46.6 Å². The van der Waals surface area contributed by atoms with E-state index in [4.69, 9.17) is 27.6 Å². The van der Waals surface area contributed by atoms with E-state index in [-0.39, 0.29) is 11.7 Å². The summed E-state index contributed by atoms with van der Waals surface area (Å²) in [5, 5.41) is 11.9. The highest BCUT2D eigenvalue weighted by molar-refractivity contribution is 7.99. The summed E-state index contributed by atoms with van der Waals surface area (Å²) in [6, 6.07) is 13.0. The Morgan fingerprint density at radius 1 is 1.15 bits per heavy atom. The minimum atomic E-state index is -0.238. The van der Waals surface area contributed by atoms with Gasteiger partial charge in [0.15, 0.2) is 0 Å². The predicted octanol–water partition coefficient (Wildman–Crippen LogP) is 5.01. The van der Waals surface area contributed by atoms with E-state index in [9.17, 15) is 4.79 Å². The summed E-state index contributed by atoms with van der Waals surface area (Å²) in [4.78, 5) is 12.1. The summed E-state index contributed by atoms with van der Waals surface area (Å²) < 4.78 is 5.57. The molecule has 1 N–H and O–H groups in total. The number of carbonyl (C=O) groups excluding carboxylic acids is 1. The molecule has 3 rings (SSSR count). The molecular weight excluding hydrogens is 393 g/mol. The number of carbonyl (C=O) groups is 1. The van der Waals surface area contributed by atoms with Crippen LogP contribution in [0.4, 0.5) is 5.69 Å². The number of aromatic nitrogens is 2. The van der Waals surface area contributed by atoms with Gasteiger partial charge in [0.05, 0.1) is 22.9 Å². The van der Waals surface area contributed by atoms with E-state index >= 15 is 0 Å². The van der Waals surface area contributed by atoms with Crippen molar-refractivity contribution in [1.82, 2.24) is 10.2 Å². The number of hydrogen-bond acceptors (Lipinski definition) is 5.